The molecule has 5 heteroatoms. The van der Waals surface area contributed by atoms with Crippen molar-refractivity contribution in [1.29, 1.82) is 0 Å². The molecule has 0 aromatic carbocycles. The fourth-order valence-electron chi connectivity index (χ4n) is 3.64. The standard InChI is InChI=1S/C12H19NO4/c1-6-7-4-9(16-11(14)13-3)12(2)8(7)5-15-10(6)17-12/h6-10H,4-5H2,1-3H3,(H,13,14)/t6?,7?,8?,9-,10?,12?/m1/s1. The molecule has 96 valence electrons. The molecule has 0 radical (unpaired) electrons. The molecule has 3 heterocycles. The van der Waals surface area contributed by atoms with Crippen LogP contribution in [0.1, 0.15) is 20.3 Å². The molecule has 4 bridgehead atoms. The predicted molar refractivity (Wildman–Crippen MR) is 59.3 cm³/mol. The lowest BCUT2D eigenvalue weighted by Gasteiger charge is -2.51. The minimum absolute atomic E-state index is 0.131. The second kappa shape index (κ2) is 3.59. The van der Waals surface area contributed by atoms with Crippen LogP contribution in [0, 0.1) is 17.8 Å². The van der Waals surface area contributed by atoms with E-state index in [4.69, 9.17) is 14.2 Å². The van der Waals surface area contributed by atoms with Crippen molar-refractivity contribution >= 4 is 6.09 Å². The van der Waals surface area contributed by atoms with Crippen LogP contribution in [0.15, 0.2) is 0 Å². The Labute approximate surface area is 101 Å². The van der Waals surface area contributed by atoms with Gasteiger partial charge >= 0.3 is 6.09 Å². The normalized spacial score (nSPS) is 51.4. The Kier molecular flexibility index (Phi) is 2.38. The number of fused-ring (bicyclic) bond motifs is 1. The summed E-state index contributed by atoms with van der Waals surface area (Å²) in [4.78, 5) is 11.4. The van der Waals surface area contributed by atoms with Crippen molar-refractivity contribution in [1.82, 2.24) is 5.32 Å². The van der Waals surface area contributed by atoms with Crippen molar-refractivity contribution in [2.45, 2.75) is 38.3 Å². The van der Waals surface area contributed by atoms with E-state index in [1.807, 2.05) is 6.92 Å². The third-order valence-corrected chi connectivity index (χ3v) is 4.75. The first-order valence-corrected chi connectivity index (χ1v) is 6.24. The molecular weight excluding hydrogens is 222 g/mol. The van der Waals surface area contributed by atoms with E-state index in [0.717, 1.165) is 13.0 Å². The number of amides is 1. The average molecular weight is 241 g/mol. The lowest BCUT2D eigenvalue weighted by Crippen LogP contribution is -2.59. The van der Waals surface area contributed by atoms with Crippen LogP contribution in [-0.4, -0.2) is 37.7 Å². The number of rotatable bonds is 1. The Balaban J connectivity index is 1.84. The van der Waals surface area contributed by atoms with Gasteiger partial charge in [-0.15, -0.1) is 0 Å². The highest BCUT2D eigenvalue weighted by Crippen LogP contribution is 2.56. The van der Waals surface area contributed by atoms with E-state index in [-0.39, 0.29) is 24.1 Å². The molecule has 4 fully saturated rings. The van der Waals surface area contributed by atoms with Crippen LogP contribution in [0.4, 0.5) is 4.79 Å². The molecule has 1 N–H and O–H groups in total. The summed E-state index contributed by atoms with van der Waals surface area (Å²) in [5, 5.41) is 2.50. The molecule has 4 rings (SSSR count). The third-order valence-electron chi connectivity index (χ3n) is 4.75. The molecular formula is C12H19NO4. The Morgan fingerprint density at radius 1 is 1.53 bits per heavy atom. The van der Waals surface area contributed by atoms with Gasteiger partial charge in [-0.3, -0.25) is 0 Å². The minimum Gasteiger partial charge on any atom is -0.443 e. The minimum atomic E-state index is -0.378. The molecule has 3 aliphatic heterocycles. The number of carbonyl (C=O) groups is 1. The molecule has 5 nitrogen and oxygen atoms in total. The van der Waals surface area contributed by atoms with Gasteiger partial charge in [-0.2, -0.15) is 0 Å². The van der Waals surface area contributed by atoms with Crippen LogP contribution in [0.2, 0.25) is 0 Å². The maximum absolute atomic E-state index is 11.4. The summed E-state index contributed by atoms with van der Waals surface area (Å²) in [5.41, 5.74) is -0.368. The van der Waals surface area contributed by atoms with Crippen LogP contribution in [0.25, 0.3) is 0 Å². The van der Waals surface area contributed by atoms with E-state index in [1.165, 1.54) is 0 Å². The lowest BCUT2D eigenvalue weighted by atomic mass is 9.76. The van der Waals surface area contributed by atoms with E-state index in [1.54, 1.807) is 7.05 Å². The molecule has 0 aromatic heterocycles. The van der Waals surface area contributed by atoms with Crippen LogP contribution < -0.4 is 5.32 Å². The number of hydrogen-bond donors (Lipinski definition) is 1. The van der Waals surface area contributed by atoms with Crippen LogP contribution in [0.3, 0.4) is 0 Å². The second-order valence-electron chi connectivity index (χ2n) is 5.51. The first-order chi connectivity index (χ1) is 8.06. The van der Waals surface area contributed by atoms with Gasteiger partial charge in [-0.1, -0.05) is 6.92 Å². The van der Waals surface area contributed by atoms with E-state index in [2.05, 4.69) is 12.2 Å². The summed E-state index contributed by atoms with van der Waals surface area (Å²) in [5.74, 6) is 1.28. The lowest BCUT2D eigenvalue weighted by molar-refractivity contribution is -0.337. The van der Waals surface area contributed by atoms with Gasteiger partial charge < -0.3 is 19.5 Å². The first kappa shape index (κ1) is 11.3. The van der Waals surface area contributed by atoms with E-state index < -0.39 is 0 Å². The maximum Gasteiger partial charge on any atom is 0.407 e. The number of ether oxygens (including phenoxy) is 3. The fourth-order valence-corrected chi connectivity index (χ4v) is 3.64. The van der Waals surface area contributed by atoms with Crippen molar-refractivity contribution in [2.24, 2.45) is 17.8 Å². The Hall–Kier alpha value is -0.810. The summed E-state index contributed by atoms with van der Waals surface area (Å²) in [7, 11) is 1.57. The summed E-state index contributed by atoms with van der Waals surface area (Å²) in [6, 6.07) is 0. The summed E-state index contributed by atoms with van der Waals surface area (Å²) in [6.07, 6.45) is 0.217. The Morgan fingerprint density at radius 3 is 2.94 bits per heavy atom. The maximum atomic E-state index is 11.4. The first-order valence-electron chi connectivity index (χ1n) is 6.24. The highest BCUT2D eigenvalue weighted by molar-refractivity contribution is 5.67. The molecule has 1 aliphatic carbocycles. The molecule has 17 heavy (non-hydrogen) atoms. The van der Waals surface area contributed by atoms with Gasteiger partial charge in [-0.25, -0.2) is 4.79 Å². The van der Waals surface area contributed by atoms with Gasteiger partial charge in [0.25, 0.3) is 0 Å². The number of alkyl carbamates (subject to hydrolysis) is 1. The topological polar surface area (TPSA) is 56.8 Å². The average Bonchev–Trinajstić information content (AvgIpc) is 2.56. The van der Waals surface area contributed by atoms with Crippen molar-refractivity contribution in [3.63, 3.8) is 0 Å². The zero-order valence-electron chi connectivity index (χ0n) is 10.4. The Bertz CT molecular complexity index is 347. The number of nitrogens with one attached hydrogen (secondary N) is 1. The van der Waals surface area contributed by atoms with Crippen molar-refractivity contribution < 1.29 is 19.0 Å². The van der Waals surface area contributed by atoms with Gasteiger partial charge in [0.05, 0.1) is 6.61 Å². The second-order valence-corrected chi connectivity index (χ2v) is 5.51. The van der Waals surface area contributed by atoms with E-state index >= 15 is 0 Å². The van der Waals surface area contributed by atoms with Gasteiger partial charge in [0.15, 0.2) is 6.29 Å². The van der Waals surface area contributed by atoms with Gasteiger partial charge in [-0.05, 0) is 19.3 Å². The predicted octanol–water partition coefficient (Wildman–Crippen LogP) is 1.13. The molecule has 0 spiro atoms. The zero-order chi connectivity index (χ0) is 12.2. The molecule has 0 aromatic rings. The molecule has 4 aliphatic rings. The molecule has 1 saturated carbocycles. The van der Waals surface area contributed by atoms with Gasteiger partial charge in [0.1, 0.15) is 11.7 Å². The molecule has 5 unspecified atom stereocenters. The molecule has 6 atom stereocenters. The SMILES string of the molecule is CNC(=O)O[C@@H]1CC2C(C)C3OCC2C1(C)O3. The number of carbonyl (C=O) groups excluding carboxylic acids is 1. The van der Waals surface area contributed by atoms with Crippen molar-refractivity contribution in [3.8, 4) is 0 Å². The summed E-state index contributed by atoms with van der Waals surface area (Å²) in [6.45, 7) is 4.93. The highest BCUT2D eigenvalue weighted by Gasteiger charge is 2.64. The number of hydrogen-bond acceptors (Lipinski definition) is 4. The largest absolute Gasteiger partial charge is 0.443 e. The highest BCUT2D eigenvalue weighted by atomic mass is 16.7. The van der Waals surface area contributed by atoms with E-state index in [9.17, 15) is 4.79 Å². The van der Waals surface area contributed by atoms with Crippen LogP contribution in [0.5, 0.6) is 0 Å². The molecule has 1 amide bonds. The van der Waals surface area contributed by atoms with Crippen LogP contribution >= 0.6 is 0 Å². The molecule has 3 saturated heterocycles. The summed E-state index contributed by atoms with van der Waals surface area (Å²) >= 11 is 0. The van der Waals surface area contributed by atoms with Gasteiger partial charge in [0, 0.05) is 18.9 Å². The van der Waals surface area contributed by atoms with Crippen molar-refractivity contribution in [2.75, 3.05) is 13.7 Å². The monoisotopic (exact) mass is 241 g/mol. The third kappa shape index (κ3) is 1.42. The van der Waals surface area contributed by atoms with Crippen molar-refractivity contribution in [3.05, 3.63) is 0 Å². The Morgan fingerprint density at radius 2 is 2.29 bits per heavy atom. The summed E-state index contributed by atoms with van der Waals surface area (Å²) < 4.78 is 17.1. The van der Waals surface area contributed by atoms with Gasteiger partial charge in [0.2, 0.25) is 0 Å². The smallest absolute Gasteiger partial charge is 0.407 e. The quantitative estimate of drug-likeness (QED) is 0.747. The zero-order valence-corrected chi connectivity index (χ0v) is 10.4. The van der Waals surface area contributed by atoms with Crippen LogP contribution in [-0.2, 0) is 14.2 Å². The fraction of sp³-hybridized carbons (Fsp3) is 0.917. The van der Waals surface area contributed by atoms with E-state index in [0.29, 0.717) is 17.8 Å².